The van der Waals surface area contributed by atoms with E-state index in [-0.39, 0.29) is 24.1 Å². The molecule has 1 saturated carbocycles. The summed E-state index contributed by atoms with van der Waals surface area (Å²) < 4.78 is 18.5. The molecular weight excluding hydrogens is 507 g/mol. The highest BCUT2D eigenvalue weighted by atomic mass is 19.1. The van der Waals surface area contributed by atoms with Crippen LogP contribution < -0.4 is 20.7 Å². The molecule has 210 valence electrons. The largest absolute Gasteiger partial charge is 0.497 e. The van der Waals surface area contributed by atoms with Crippen LogP contribution in [0, 0.1) is 5.82 Å². The summed E-state index contributed by atoms with van der Waals surface area (Å²) in [6.07, 6.45) is 1.70. The molecule has 0 bridgehead atoms. The number of piperazine rings is 1. The first-order valence-corrected chi connectivity index (χ1v) is 14.0. The molecule has 0 unspecified atom stereocenters. The molecule has 3 aromatic carbocycles. The first-order valence-electron chi connectivity index (χ1n) is 14.0. The monoisotopic (exact) mass is 544 g/mol. The Kier molecular flexibility index (Phi) is 9.08. The highest BCUT2D eigenvalue weighted by Gasteiger charge is 2.38. The van der Waals surface area contributed by atoms with Crippen molar-refractivity contribution in [3.05, 3.63) is 89.7 Å². The van der Waals surface area contributed by atoms with E-state index in [0.29, 0.717) is 38.0 Å². The molecule has 7 nitrogen and oxygen atoms in total. The van der Waals surface area contributed by atoms with Crippen LogP contribution in [-0.4, -0.2) is 68.6 Å². The number of carbonyl (C=O) groups excluding carboxylic acids is 2. The zero-order valence-corrected chi connectivity index (χ0v) is 22.9. The lowest BCUT2D eigenvalue weighted by Crippen LogP contribution is -2.54. The smallest absolute Gasteiger partial charge is 0.245 e. The first-order chi connectivity index (χ1) is 19.5. The van der Waals surface area contributed by atoms with Gasteiger partial charge in [-0.25, -0.2) is 4.39 Å². The summed E-state index contributed by atoms with van der Waals surface area (Å²) in [7, 11) is 1.64. The molecule has 3 aromatic rings. The lowest BCUT2D eigenvalue weighted by atomic mass is 10.0. The van der Waals surface area contributed by atoms with Crippen molar-refractivity contribution in [1.82, 2.24) is 20.9 Å². The van der Waals surface area contributed by atoms with E-state index in [1.54, 1.807) is 7.11 Å². The highest BCUT2D eigenvalue weighted by Crippen LogP contribution is 2.40. The third-order valence-electron chi connectivity index (χ3n) is 7.73. The zero-order valence-electron chi connectivity index (χ0n) is 22.9. The minimum Gasteiger partial charge on any atom is -0.497 e. The molecule has 1 heterocycles. The minimum absolute atomic E-state index is 0.0302. The minimum atomic E-state index is -0.584. The van der Waals surface area contributed by atoms with Crippen molar-refractivity contribution in [2.75, 3.05) is 39.8 Å². The molecule has 1 saturated heterocycles. The molecule has 5 rings (SSSR count). The van der Waals surface area contributed by atoms with E-state index in [4.69, 9.17) is 4.74 Å². The molecule has 2 amide bonds. The van der Waals surface area contributed by atoms with Gasteiger partial charge in [0.1, 0.15) is 17.6 Å². The van der Waals surface area contributed by atoms with Gasteiger partial charge in [0, 0.05) is 38.1 Å². The van der Waals surface area contributed by atoms with Gasteiger partial charge in [0.25, 0.3) is 0 Å². The third kappa shape index (κ3) is 7.25. The summed E-state index contributed by atoms with van der Waals surface area (Å²) in [5, 5.41) is 9.81. The van der Waals surface area contributed by atoms with Crippen LogP contribution in [0.4, 0.5) is 4.39 Å². The molecule has 2 fully saturated rings. The number of ether oxygens (including phenoxy) is 1. The average Bonchev–Trinajstić information content (AvgIpc) is 3.77. The number of rotatable bonds is 11. The molecule has 8 heteroatoms. The number of benzene rings is 3. The summed E-state index contributed by atoms with van der Waals surface area (Å²) in [4.78, 5) is 28.2. The van der Waals surface area contributed by atoms with Crippen molar-refractivity contribution in [1.29, 1.82) is 0 Å². The molecule has 40 heavy (non-hydrogen) atoms. The average molecular weight is 545 g/mol. The fourth-order valence-corrected chi connectivity index (χ4v) is 5.30. The Morgan fingerprint density at radius 1 is 0.975 bits per heavy atom. The SMILES string of the molecule is COc1ccc(-c2ccc(CC(=O)N[C@@H](CCN[C@@H]3C[C@H]3c3ccc(F)cc3)C(=O)N3CCNCC3)cc2)cc1. The Morgan fingerprint density at radius 2 is 1.62 bits per heavy atom. The maximum atomic E-state index is 13.4. The number of hydrogen-bond acceptors (Lipinski definition) is 5. The molecule has 1 aliphatic carbocycles. The topological polar surface area (TPSA) is 82.7 Å². The van der Waals surface area contributed by atoms with Gasteiger partial charge < -0.3 is 25.6 Å². The van der Waals surface area contributed by atoms with Gasteiger partial charge in [-0.1, -0.05) is 48.5 Å². The van der Waals surface area contributed by atoms with Gasteiger partial charge in [-0.05, 0) is 65.9 Å². The standard InChI is InChI=1S/C32H37FN4O3/c1-40-27-12-8-24(9-13-27)23-4-2-22(3-5-23)20-31(38)36-29(32(39)37-18-16-34-17-19-37)14-15-35-30-21-28(30)25-6-10-26(33)11-7-25/h2-13,28-30,34-35H,14-21H2,1H3,(H,36,38)/t28-,29-,30+/m0/s1. The van der Waals surface area contributed by atoms with Crippen LogP contribution in [0.3, 0.4) is 0 Å². The second-order valence-electron chi connectivity index (χ2n) is 10.5. The van der Waals surface area contributed by atoms with Gasteiger partial charge in [-0.2, -0.15) is 0 Å². The van der Waals surface area contributed by atoms with Crippen molar-refractivity contribution >= 4 is 11.8 Å². The maximum absolute atomic E-state index is 13.4. The molecule has 2 aliphatic rings. The molecule has 0 spiro atoms. The van der Waals surface area contributed by atoms with Gasteiger partial charge in [0.2, 0.25) is 11.8 Å². The van der Waals surface area contributed by atoms with E-state index in [9.17, 15) is 14.0 Å². The lowest BCUT2D eigenvalue weighted by Gasteiger charge is -2.31. The Labute approximate surface area is 235 Å². The molecule has 3 atom stereocenters. The number of nitrogens with zero attached hydrogens (tertiary/aromatic N) is 1. The number of carbonyl (C=O) groups is 2. The van der Waals surface area contributed by atoms with Gasteiger partial charge in [0.15, 0.2) is 0 Å². The summed E-state index contributed by atoms with van der Waals surface area (Å²) in [6.45, 7) is 3.41. The quantitative estimate of drug-likeness (QED) is 0.344. The van der Waals surface area contributed by atoms with Crippen LogP contribution >= 0.6 is 0 Å². The predicted molar refractivity (Wildman–Crippen MR) is 154 cm³/mol. The summed E-state index contributed by atoms with van der Waals surface area (Å²) in [5.41, 5.74) is 4.15. The second-order valence-corrected chi connectivity index (χ2v) is 10.5. The Morgan fingerprint density at radius 3 is 2.27 bits per heavy atom. The van der Waals surface area contributed by atoms with E-state index in [1.165, 1.54) is 12.1 Å². The van der Waals surface area contributed by atoms with E-state index in [2.05, 4.69) is 16.0 Å². The molecule has 0 radical (unpaired) electrons. The Bertz CT molecular complexity index is 1280. The maximum Gasteiger partial charge on any atom is 0.245 e. The van der Waals surface area contributed by atoms with Gasteiger partial charge in [0.05, 0.1) is 13.5 Å². The van der Waals surface area contributed by atoms with E-state index < -0.39 is 6.04 Å². The van der Waals surface area contributed by atoms with Crippen LogP contribution in [0.15, 0.2) is 72.8 Å². The summed E-state index contributed by atoms with van der Waals surface area (Å²) >= 11 is 0. The van der Waals surface area contributed by atoms with Crippen molar-refractivity contribution in [2.24, 2.45) is 0 Å². The Hall–Kier alpha value is -3.75. The number of halogens is 1. The lowest BCUT2D eigenvalue weighted by molar-refractivity contribution is -0.137. The number of amides is 2. The molecule has 0 aromatic heterocycles. The van der Waals surface area contributed by atoms with Crippen LogP contribution in [0.2, 0.25) is 0 Å². The third-order valence-corrected chi connectivity index (χ3v) is 7.73. The predicted octanol–water partition coefficient (Wildman–Crippen LogP) is 3.50. The normalized spacial score (nSPS) is 19.1. The van der Waals surface area contributed by atoms with E-state index in [0.717, 1.165) is 47.5 Å². The highest BCUT2D eigenvalue weighted by molar-refractivity contribution is 5.88. The molecular formula is C32H37FN4O3. The second kappa shape index (κ2) is 13.1. The number of hydrogen-bond donors (Lipinski definition) is 3. The van der Waals surface area contributed by atoms with Gasteiger partial charge in [-0.15, -0.1) is 0 Å². The van der Waals surface area contributed by atoms with Crippen LogP contribution in [0.5, 0.6) is 5.75 Å². The Balaban J connectivity index is 1.16. The van der Waals surface area contributed by atoms with Gasteiger partial charge >= 0.3 is 0 Å². The van der Waals surface area contributed by atoms with Crippen molar-refractivity contribution < 1.29 is 18.7 Å². The fraction of sp³-hybridized carbons (Fsp3) is 0.375. The summed E-state index contributed by atoms with van der Waals surface area (Å²) in [6, 6.07) is 22.2. The van der Waals surface area contributed by atoms with Gasteiger partial charge in [-0.3, -0.25) is 9.59 Å². The zero-order chi connectivity index (χ0) is 27.9. The van der Waals surface area contributed by atoms with Crippen LogP contribution in [-0.2, 0) is 16.0 Å². The van der Waals surface area contributed by atoms with Crippen molar-refractivity contribution in [3.8, 4) is 16.9 Å². The molecule has 1 aliphatic heterocycles. The van der Waals surface area contributed by atoms with Crippen molar-refractivity contribution in [2.45, 2.75) is 37.3 Å². The number of nitrogens with one attached hydrogen (secondary N) is 3. The first kappa shape index (κ1) is 27.8. The number of methoxy groups -OCH3 is 1. The van der Waals surface area contributed by atoms with Crippen LogP contribution in [0.1, 0.15) is 29.9 Å². The summed E-state index contributed by atoms with van der Waals surface area (Å²) in [5.74, 6) is 0.742. The van der Waals surface area contributed by atoms with E-state index in [1.807, 2.05) is 65.6 Å². The van der Waals surface area contributed by atoms with Crippen molar-refractivity contribution in [3.63, 3.8) is 0 Å². The molecule has 3 N–H and O–H groups in total. The van der Waals surface area contributed by atoms with Crippen LogP contribution in [0.25, 0.3) is 11.1 Å². The fourth-order valence-electron chi connectivity index (χ4n) is 5.30. The van der Waals surface area contributed by atoms with E-state index >= 15 is 0 Å².